The minimum Gasteiger partial charge on any atom is -0.468 e. The van der Waals surface area contributed by atoms with Crippen LogP contribution >= 0.6 is 0 Å². The molecule has 0 spiro atoms. The number of morpholine rings is 1. The highest BCUT2D eigenvalue weighted by Gasteiger charge is 2.26. The zero-order valence-corrected chi connectivity index (χ0v) is 9.31. The number of ether oxygens (including phenoxy) is 1. The molecule has 2 rings (SSSR count). The molecule has 0 unspecified atom stereocenters. The Kier molecular flexibility index (Phi) is 3.58. The highest BCUT2D eigenvalue weighted by Crippen LogP contribution is 2.10. The van der Waals surface area contributed by atoms with E-state index in [9.17, 15) is 4.79 Å². The van der Waals surface area contributed by atoms with Gasteiger partial charge in [0.25, 0.3) is 0 Å². The molecule has 0 radical (unpaired) electrons. The molecule has 1 saturated heterocycles. The molecule has 1 aromatic rings. The Bertz CT molecular complexity index is 337. The van der Waals surface area contributed by atoms with Crippen LogP contribution in [0.5, 0.6) is 0 Å². The van der Waals surface area contributed by atoms with Gasteiger partial charge in [0.05, 0.1) is 19.4 Å². The number of hydrogen-bond acceptors (Lipinski definition) is 4. The summed E-state index contributed by atoms with van der Waals surface area (Å²) in [6.07, 6.45) is 1.29. The average Bonchev–Trinajstić information content (AvgIpc) is 2.81. The first kappa shape index (κ1) is 11.2. The highest BCUT2D eigenvalue weighted by atomic mass is 16.5. The Morgan fingerprint density at radius 2 is 2.56 bits per heavy atom. The van der Waals surface area contributed by atoms with Gasteiger partial charge in [-0.15, -0.1) is 0 Å². The largest absolute Gasteiger partial charge is 0.468 e. The fraction of sp³-hybridized carbons (Fsp3) is 0.545. The van der Waals surface area contributed by atoms with Gasteiger partial charge in [0.2, 0.25) is 5.91 Å². The van der Waals surface area contributed by atoms with Crippen LogP contribution < -0.4 is 5.32 Å². The molecule has 1 aromatic heterocycles. The van der Waals surface area contributed by atoms with Crippen molar-refractivity contribution in [2.45, 2.75) is 12.6 Å². The Labute approximate surface area is 94.4 Å². The van der Waals surface area contributed by atoms with Crippen molar-refractivity contribution in [2.75, 3.05) is 26.7 Å². The van der Waals surface area contributed by atoms with Crippen molar-refractivity contribution in [1.82, 2.24) is 10.2 Å². The summed E-state index contributed by atoms with van der Waals surface area (Å²) in [5, 5.41) is 2.60. The lowest BCUT2D eigenvalue weighted by Crippen LogP contribution is -2.48. The third-order valence-electron chi connectivity index (χ3n) is 2.65. The fourth-order valence-electron chi connectivity index (χ4n) is 1.79. The number of likely N-dealkylation sites (N-methyl/N-ethyl adjacent to an activating group) is 1. The van der Waals surface area contributed by atoms with E-state index in [-0.39, 0.29) is 12.0 Å². The Morgan fingerprint density at radius 1 is 1.69 bits per heavy atom. The van der Waals surface area contributed by atoms with Crippen LogP contribution in [0.15, 0.2) is 22.8 Å². The standard InChI is InChI=1S/C11H16N2O3/c1-12-11(14)10-8-13(4-6-16-10)7-9-3-2-5-15-9/h2-3,5,10H,4,6-8H2,1H3,(H,12,14)/t10-/m0/s1. The normalized spacial score (nSPS) is 21.9. The van der Waals surface area contributed by atoms with E-state index in [1.807, 2.05) is 12.1 Å². The van der Waals surface area contributed by atoms with Gasteiger partial charge in [-0.1, -0.05) is 0 Å². The lowest BCUT2D eigenvalue weighted by atomic mass is 10.2. The van der Waals surface area contributed by atoms with Crippen molar-refractivity contribution >= 4 is 5.91 Å². The lowest BCUT2D eigenvalue weighted by molar-refractivity contribution is -0.138. The van der Waals surface area contributed by atoms with Crippen molar-refractivity contribution in [2.24, 2.45) is 0 Å². The number of amides is 1. The van der Waals surface area contributed by atoms with E-state index in [0.29, 0.717) is 13.2 Å². The maximum absolute atomic E-state index is 11.4. The van der Waals surface area contributed by atoms with Gasteiger partial charge in [-0.3, -0.25) is 9.69 Å². The Morgan fingerprint density at radius 3 is 3.25 bits per heavy atom. The Hall–Kier alpha value is -1.33. The summed E-state index contributed by atoms with van der Waals surface area (Å²) in [6, 6.07) is 3.80. The minimum absolute atomic E-state index is 0.0656. The number of rotatable bonds is 3. The molecule has 1 atom stereocenters. The number of furan rings is 1. The van der Waals surface area contributed by atoms with Crippen LogP contribution in [0.2, 0.25) is 0 Å². The SMILES string of the molecule is CNC(=O)[C@@H]1CN(Cc2ccco2)CCO1. The summed E-state index contributed by atoms with van der Waals surface area (Å²) < 4.78 is 10.7. The van der Waals surface area contributed by atoms with E-state index in [0.717, 1.165) is 18.8 Å². The predicted octanol–water partition coefficient (Wildman–Crippen LogP) is 0.226. The fourth-order valence-corrected chi connectivity index (χ4v) is 1.79. The third-order valence-corrected chi connectivity index (χ3v) is 2.65. The van der Waals surface area contributed by atoms with Gasteiger partial charge in [0, 0.05) is 20.1 Å². The highest BCUT2D eigenvalue weighted by molar-refractivity contribution is 5.80. The van der Waals surface area contributed by atoms with E-state index < -0.39 is 0 Å². The summed E-state index contributed by atoms with van der Waals surface area (Å²) in [4.78, 5) is 13.6. The van der Waals surface area contributed by atoms with E-state index in [4.69, 9.17) is 9.15 Å². The second kappa shape index (κ2) is 5.14. The van der Waals surface area contributed by atoms with Crippen LogP contribution in [0, 0.1) is 0 Å². The van der Waals surface area contributed by atoms with Crippen LogP contribution in [0.4, 0.5) is 0 Å². The first-order chi connectivity index (χ1) is 7.79. The quantitative estimate of drug-likeness (QED) is 0.798. The zero-order chi connectivity index (χ0) is 11.4. The van der Waals surface area contributed by atoms with Gasteiger partial charge >= 0.3 is 0 Å². The van der Waals surface area contributed by atoms with Crippen molar-refractivity contribution in [3.8, 4) is 0 Å². The van der Waals surface area contributed by atoms with Gasteiger partial charge in [-0.2, -0.15) is 0 Å². The summed E-state index contributed by atoms with van der Waals surface area (Å²) >= 11 is 0. The lowest BCUT2D eigenvalue weighted by Gasteiger charge is -2.31. The van der Waals surface area contributed by atoms with Crippen LogP contribution in [-0.4, -0.2) is 43.7 Å². The summed E-state index contributed by atoms with van der Waals surface area (Å²) in [7, 11) is 1.62. The molecule has 1 amide bonds. The van der Waals surface area contributed by atoms with E-state index >= 15 is 0 Å². The predicted molar refractivity (Wildman–Crippen MR) is 57.8 cm³/mol. The van der Waals surface area contributed by atoms with Crippen LogP contribution in [0.25, 0.3) is 0 Å². The number of carbonyl (C=O) groups excluding carboxylic acids is 1. The Balaban J connectivity index is 1.89. The van der Waals surface area contributed by atoms with E-state index in [2.05, 4.69) is 10.2 Å². The molecule has 0 aliphatic carbocycles. The first-order valence-corrected chi connectivity index (χ1v) is 5.37. The summed E-state index contributed by atoms with van der Waals surface area (Å²) in [5.41, 5.74) is 0. The topological polar surface area (TPSA) is 54.7 Å². The number of hydrogen-bond donors (Lipinski definition) is 1. The molecule has 1 aliphatic rings. The average molecular weight is 224 g/mol. The molecule has 1 fully saturated rings. The molecule has 5 heteroatoms. The molecule has 1 N–H and O–H groups in total. The second-order valence-electron chi connectivity index (χ2n) is 3.79. The van der Waals surface area contributed by atoms with Gasteiger partial charge in [0.1, 0.15) is 11.9 Å². The molecule has 5 nitrogen and oxygen atoms in total. The van der Waals surface area contributed by atoms with Gasteiger partial charge in [0.15, 0.2) is 0 Å². The van der Waals surface area contributed by atoms with Crippen LogP contribution in [0.3, 0.4) is 0 Å². The maximum atomic E-state index is 11.4. The molecule has 0 saturated carbocycles. The van der Waals surface area contributed by atoms with E-state index in [1.54, 1.807) is 13.3 Å². The molecule has 88 valence electrons. The second-order valence-corrected chi connectivity index (χ2v) is 3.79. The molecule has 16 heavy (non-hydrogen) atoms. The van der Waals surface area contributed by atoms with Crippen molar-refractivity contribution in [3.05, 3.63) is 24.2 Å². The van der Waals surface area contributed by atoms with E-state index in [1.165, 1.54) is 0 Å². The van der Waals surface area contributed by atoms with Gasteiger partial charge in [-0.05, 0) is 12.1 Å². The van der Waals surface area contributed by atoms with Crippen molar-refractivity contribution in [1.29, 1.82) is 0 Å². The summed E-state index contributed by atoms with van der Waals surface area (Å²) in [6.45, 7) is 2.75. The molecule has 0 bridgehead atoms. The van der Waals surface area contributed by atoms with Gasteiger partial charge in [-0.25, -0.2) is 0 Å². The summed E-state index contributed by atoms with van der Waals surface area (Å²) in [5.74, 6) is 0.849. The molecule has 2 heterocycles. The number of carbonyl (C=O) groups is 1. The number of nitrogens with one attached hydrogen (secondary N) is 1. The molecular weight excluding hydrogens is 208 g/mol. The monoisotopic (exact) mass is 224 g/mol. The zero-order valence-electron chi connectivity index (χ0n) is 9.31. The maximum Gasteiger partial charge on any atom is 0.250 e. The van der Waals surface area contributed by atoms with Crippen molar-refractivity contribution in [3.63, 3.8) is 0 Å². The smallest absolute Gasteiger partial charge is 0.250 e. The minimum atomic E-state index is -0.367. The molecule has 1 aliphatic heterocycles. The first-order valence-electron chi connectivity index (χ1n) is 5.37. The number of nitrogens with zero attached hydrogens (tertiary/aromatic N) is 1. The van der Waals surface area contributed by atoms with Crippen molar-refractivity contribution < 1.29 is 13.9 Å². The third kappa shape index (κ3) is 2.62. The molecule has 0 aromatic carbocycles. The molecular formula is C11H16N2O3. The van der Waals surface area contributed by atoms with Crippen LogP contribution in [0.1, 0.15) is 5.76 Å². The van der Waals surface area contributed by atoms with Gasteiger partial charge < -0.3 is 14.5 Å². The van der Waals surface area contributed by atoms with Crippen LogP contribution in [-0.2, 0) is 16.1 Å².